The number of nitrogens with one attached hydrogen (secondary N) is 3. The van der Waals surface area contributed by atoms with E-state index >= 15 is 0 Å². The fraction of sp³-hybridized carbons (Fsp3) is 0.417. The van der Waals surface area contributed by atoms with Crippen molar-refractivity contribution in [2.24, 2.45) is 0 Å². The second kappa shape index (κ2) is 11.5. The number of hydrogen-bond donors (Lipinski definition) is 4. The van der Waals surface area contributed by atoms with Crippen LogP contribution in [0.3, 0.4) is 0 Å². The summed E-state index contributed by atoms with van der Waals surface area (Å²) in [5.41, 5.74) is 9.54. The molecule has 3 aliphatic heterocycles. The lowest BCUT2D eigenvalue weighted by atomic mass is 10.0. The normalized spacial score (nSPS) is 22.2. The van der Waals surface area contributed by atoms with Crippen LogP contribution in [0.15, 0.2) is 37.1 Å². The van der Waals surface area contributed by atoms with Crippen LogP contribution in [0.4, 0.5) is 5.13 Å². The van der Waals surface area contributed by atoms with E-state index in [1.807, 2.05) is 0 Å². The third kappa shape index (κ3) is 5.52. The number of aryl methyl sites for hydroxylation is 1. The van der Waals surface area contributed by atoms with Crippen LogP contribution in [0.2, 0.25) is 0 Å². The van der Waals surface area contributed by atoms with Gasteiger partial charge in [-0.1, -0.05) is 0 Å². The van der Waals surface area contributed by atoms with Gasteiger partial charge < -0.3 is 34.4 Å². The number of rotatable bonds is 9. The quantitative estimate of drug-likeness (QED) is 0.130. The minimum Gasteiger partial charge on any atom is -0.453 e. The maximum atomic E-state index is 13.4. The predicted octanol–water partition coefficient (Wildman–Crippen LogP) is 0.0772. The Kier molecular flexibility index (Phi) is 8.03. The van der Waals surface area contributed by atoms with Crippen LogP contribution >= 0.6 is 23.1 Å². The molecule has 3 aliphatic rings. The molecule has 1 unspecified atom stereocenters. The molecule has 5 heterocycles. The van der Waals surface area contributed by atoms with E-state index in [1.54, 1.807) is 30.3 Å². The number of ether oxygens (including phenoxy) is 1. The molecule has 0 saturated carbocycles. The van der Waals surface area contributed by atoms with Gasteiger partial charge in [0.1, 0.15) is 22.9 Å². The SMILES string of the molecule is CONC(C(=O)N[C@@H]1C(=O)N2C(C(=O)OCc3oc(=N)oc3C)=C(/C=C3\CCN(C)C3=O)CS[C@H]12)c1csc(N)n1. The zero-order valence-corrected chi connectivity index (χ0v) is 23.8. The molecule has 0 aliphatic carbocycles. The number of likely N-dealkylation sites (N-methyl/N-ethyl adjacent to an activating group) is 1. The van der Waals surface area contributed by atoms with Crippen LogP contribution in [0, 0.1) is 12.3 Å². The molecule has 41 heavy (non-hydrogen) atoms. The smallest absolute Gasteiger partial charge is 0.391 e. The number of anilines is 1. The fourth-order valence-corrected chi connectivity index (χ4v) is 6.49. The van der Waals surface area contributed by atoms with Gasteiger partial charge in [0.25, 0.3) is 5.91 Å². The average molecular weight is 606 g/mol. The standard InChI is InChI=1S/C24H27N7O8S2/c1-10-14(39-24(26)38-10)7-37-22(35)17-12(6-11-4-5-30(2)19(11)33)8-40-21-16(20(34)31(17)21)28-18(32)15(29-36-3)13-9-41-23(25)27-13/h6,9,15-16,21,26,29H,4-5,7-8H2,1-3H3,(H2,25,27)(H,28,32)/b11-6+,26-24?/t15?,16-,21-/m1/s1. The Balaban J connectivity index is 1.39. The minimum absolute atomic E-state index is 0.0230. The largest absolute Gasteiger partial charge is 0.453 e. The van der Waals surface area contributed by atoms with E-state index in [2.05, 4.69) is 15.8 Å². The topological polar surface area (TPSA) is 206 Å². The summed E-state index contributed by atoms with van der Waals surface area (Å²) in [7, 11) is 3.03. The van der Waals surface area contributed by atoms with Crippen molar-refractivity contribution in [2.75, 3.05) is 32.2 Å². The summed E-state index contributed by atoms with van der Waals surface area (Å²) in [5.74, 6) is -1.81. The summed E-state index contributed by atoms with van der Waals surface area (Å²) >= 11 is 2.49. The number of carbonyl (C=O) groups is 4. The zero-order valence-electron chi connectivity index (χ0n) is 22.2. The number of nitrogens with zero attached hydrogens (tertiary/aromatic N) is 3. The number of fused-ring (bicyclic) bond motifs is 1. The monoisotopic (exact) mass is 605 g/mol. The number of likely N-dealkylation sites (tertiary alicyclic amines) is 1. The van der Waals surface area contributed by atoms with E-state index in [1.165, 1.54) is 23.8 Å². The third-order valence-corrected chi connectivity index (χ3v) is 8.69. The number of thioether (sulfide) groups is 1. The fourth-order valence-electron chi connectivity index (χ4n) is 4.60. The van der Waals surface area contributed by atoms with Crippen molar-refractivity contribution in [2.45, 2.75) is 37.4 Å². The first-order valence-corrected chi connectivity index (χ1v) is 14.3. The number of allylic oxidation sites excluding steroid dienone is 1. The highest BCUT2D eigenvalue weighted by atomic mass is 32.2. The maximum absolute atomic E-state index is 13.4. The molecular formula is C24H27N7O8S2. The summed E-state index contributed by atoms with van der Waals surface area (Å²) in [5, 5.41) is 11.5. The molecule has 3 amide bonds. The molecule has 0 radical (unpaired) electrons. The van der Waals surface area contributed by atoms with Gasteiger partial charge in [0, 0.05) is 30.3 Å². The number of hydroxylamine groups is 1. The molecule has 2 aromatic heterocycles. The Labute approximate surface area is 241 Å². The van der Waals surface area contributed by atoms with Crippen LogP contribution in [0.5, 0.6) is 0 Å². The van der Waals surface area contributed by atoms with Crippen molar-refractivity contribution < 1.29 is 37.6 Å². The van der Waals surface area contributed by atoms with E-state index < -0.39 is 41.0 Å². The number of nitrogen functional groups attached to an aromatic ring is 1. The van der Waals surface area contributed by atoms with Gasteiger partial charge in [-0.3, -0.25) is 19.3 Å². The highest BCUT2D eigenvalue weighted by molar-refractivity contribution is 8.00. The molecule has 218 valence electrons. The molecule has 15 nitrogen and oxygen atoms in total. The summed E-state index contributed by atoms with van der Waals surface area (Å²) < 4.78 is 15.6. The second-order valence-electron chi connectivity index (χ2n) is 9.33. The summed E-state index contributed by atoms with van der Waals surface area (Å²) in [4.78, 5) is 64.4. The Morgan fingerprint density at radius 1 is 1.37 bits per heavy atom. The number of β-lactam (4-membered cyclic amide) rings is 1. The molecule has 17 heteroatoms. The molecule has 5 N–H and O–H groups in total. The van der Waals surface area contributed by atoms with Crippen molar-refractivity contribution in [3.8, 4) is 0 Å². The van der Waals surface area contributed by atoms with Crippen LogP contribution in [0.1, 0.15) is 29.7 Å². The van der Waals surface area contributed by atoms with Gasteiger partial charge >= 0.3 is 11.7 Å². The number of nitrogens with two attached hydrogens (primary N) is 1. The van der Waals surface area contributed by atoms with E-state index in [9.17, 15) is 19.2 Å². The number of thiazole rings is 1. The highest BCUT2D eigenvalue weighted by Gasteiger charge is 2.55. The molecule has 0 aromatic carbocycles. The Bertz CT molecular complexity index is 1530. The van der Waals surface area contributed by atoms with Crippen LogP contribution < -0.4 is 22.3 Å². The van der Waals surface area contributed by atoms with Crippen LogP contribution in [-0.2, 0) is 35.4 Å². The van der Waals surface area contributed by atoms with E-state index in [4.69, 9.17) is 29.6 Å². The minimum atomic E-state index is -1.03. The number of esters is 1. The Morgan fingerprint density at radius 3 is 2.76 bits per heavy atom. The molecule has 0 spiro atoms. The molecule has 5 rings (SSSR count). The Hall–Kier alpha value is -3.93. The molecule has 2 saturated heterocycles. The second-order valence-corrected chi connectivity index (χ2v) is 11.3. The van der Waals surface area contributed by atoms with Gasteiger partial charge in [-0.2, -0.15) is 5.48 Å². The van der Waals surface area contributed by atoms with Crippen molar-refractivity contribution in [1.29, 1.82) is 5.41 Å². The van der Waals surface area contributed by atoms with Gasteiger partial charge in [-0.15, -0.1) is 23.1 Å². The van der Waals surface area contributed by atoms with Gasteiger partial charge in [0.05, 0.1) is 12.8 Å². The molecular weight excluding hydrogens is 578 g/mol. The lowest BCUT2D eigenvalue weighted by molar-refractivity contribution is -0.154. The number of hydrogen-bond acceptors (Lipinski definition) is 14. The molecule has 2 aromatic rings. The van der Waals surface area contributed by atoms with Gasteiger partial charge in [0.15, 0.2) is 23.5 Å². The van der Waals surface area contributed by atoms with Crippen molar-refractivity contribution in [1.82, 2.24) is 25.6 Å². The molecule has 3 atom stereocenters. The molecule has 2 fully saturated rings. The maximum Gasteiger partial charge on any atom is 0.391 e. The predicted molar refractivity (Wildman–Crippen MR) is 143 cm³/mol. The highest BCUT2D eigenvalue weighted by Crippen LogP contribution is 2.42. The summed E-state index contributed by atoms with van der Waals surface area (Å²) in [6.45, 7) is 1.78. The first-order chi connectivity index (χ1) is 19.6. The number of aromatic nitrogens is 1. The number of amides is 3. The lowest BCUT2D eigenvalue weighted by Gasteiger charge is -2.49. The number of carbonyl (C=O) groups excluding carboxylic acids is 4. The van der Waals surface area contributed by atoms with Gasteiger partial charge in [-0.05, 0) is 25.0 Å². The molecule has 0 bridgehead atoms. The Morgan fingerprint density at radius 2 is 2.15 bits per heavy atom. The van der Waals surface area contributed by atoms with Gasteiger partial charge in [-0.25, -0.2) is 15.2 Å². The summed E-state index contributed by atoms with van der Waals surface area (Å²) in [6, 6.07) is -1.98. The van der Waals surface area contributed by atoms with E-state index in [-0.39, 0.29) is 40.6 Å². The van der Waals surface area contributed by atoms with Crippen molar-refractivity contribution in [3.05, 3.63) is 51.3 Å². The van der Waals surface area contributed by atoms with Gasteiger partial charge in [0.2, 0.25) is 11.8 Å². The van der Waals surface area contributed by atoms with Crippen molar-refractivity contribution in [3.63, 3.8) is 0 Å². The van der Waals surface area contributed by atoms with E-state index in [0.29, 0.717) is 29.8 Å². The van der Waals surface area contributed by atoms with E-state index in [0.717, 1.165) is 11.3 Å². The average Bonchev–Trinajstić information content (AvgIpc) is 3.62. The first-order valence-electron chi connectivity index (χ1n) is 12.3. The third-order valence-electron chi connectivity index (χ3n) is 6.70. The zero-order chi connectivity index (χ0) is 29.4. The van der Waals surface area contributed by atoms with Crippen LogP contribution in [0.25, 0.3) is 0 Å². The summed E-state index contributed by atoms with van der Waals surface area (Å²) in [6.07, 6.45) is 2.13. The lowest BCUT2D eigenvalue weighted by Crippen LogP contribution is -2.71. The first kappa shape index (κ1) is 28.6. The van der Waals surface area contributed by atoms with Crippen molar-refractivity contribution >= 4 is 51.9 Å². The van der Waals surface area contributed by atoms with Crippen LogP contribution in [-0.4, -0.2) is 76.3 Å².